The Morgan fingerprint density at radius 1 is 1.41 bits per heavy atom. The summed E-state index contributed by atoms with van der Waals surface area (Å²) in [5.41, 5.74) is 0.155. The van der Waals surface area contributed by atoms with Crippen LogP contribution in [0.2, 0.25) is 0 Å². The third-order valence-corrected chi connectivity index (χ3v) is 2.11. The molecule has 88 valence electrons. The summed E-state index contributed by atoms with van der Waals surface area (Å²) >= 11 is 0. The molecular formula is C10H9FN4O2. The van der Waals surface area contributed by atoms with Crippen LogP contribution in [0.15, 0.2) is 24.7 Å². The number of alkyl halides is 1. The van der Waals surface area contributed by atoms with Crippen molar-refractivity contribution in [3.8, 4) is 5.95 Å². The third kappa shape index (κ3) is 2.27. The molecule has 0 radical (unpaired) electrons. The van der Waals surface area contributed by atoms with E-state index < -0.39 is 12.6 Å². The van der Waals surface area contributed by atoms with E-state index in [0.717, 1.165) is 0 Å². The Hall–Kier alpha value is -2.31. The Kier molecular flexibility index (Phi) is 3.08. The zero-order valence-electron chi connectivity index (χ0n) is 8.75. The summed E-state index contributed by atoms with van der Waals surface area (Å²) in [6.45, 7) is -0.660. The van der Waals surface area contributed by atoms with Gasteiger partial charge in [0, 0.05) is 25.0 Å². The predicted octanol–water partition coefficient (Wildman–Crippen LogP) is 0.872. The first kappa shape index (κ1) is 11.2. The van der Waals surface area contributed by atoms with Crippen molar-refractivity contribution in [1.82, 2.24) is 19.7 Å². The maximum absolute atomic E-state index is 12.3. The molecule has 6 nitrogen and oxygen atoms in total. The van der Waals surface area contributed by atoms with Gasteiger partial charge in [-0.15, -0.1) is 0 Å². The van der Waals surface area contributed by atoms with Gasteiger partial charge in [-0.05, 0) is 6.07 Å². The molecule has 0 fully saturated rings. The standard InChI is InChI=1S/C10H9FN4O2/c11-3-2-8-7(9(16)17)6-15(14-8)10-12-4-1-5-13-10/h1,4-6H,2-3H2,(H,16,17). The first-order chi connectivity index (χ1) is 8.22. The molecule has 0 aromatic carbocycles. The van der Waals surface area contributed by atoms with Gasteiger partial charge in [0.25, 0.3) is 0 Å². The summed E-state index contributed by atoms with van der Waals surface area (Å²) in [4.78, 5) is 18.8. The summed E-state index contributed by atoms with van der Waals surface area (Å²) in [6.07, 6.45) is 4.27. The number of aromatic nitrogens is 4. The monoisotopic (exact) mass is 236 g/mol. The molecule has 2 rings (SSSR count). The summed E-state index contributed by atoms with van der Waals surface area (Å²) in [5, 5.41) is 12.9. The highest BCUT2D eigenvalue weighted by Gasteiger charge is 2.16. The molecule has 7 heteroatoms. The van der Waals surface area contributed by atoms with Crippen molar-refractivity contribution in [1.29, 1.82) is 0 Å². The van der Waals surface area contributed by atoms with E-state index in [1.54, 1.807) is 6.07 Å². The molecule has 0 saturated heterocycles. The van der Waals surface area contributed by atoms with Crippen LogP contribution >= 0.6 is 0 Å². The Bertz CT molecular complexity index is 526. The van der Waals surface area contributed by atoms with Gasteiger partial charge in [-0.1, -0.05) is 0 Å². The van der Waals surface area contributed by atoms with Gasteiger partial charge < -0.3 is 5.11 Å². The summed E-state index contributed by atoms with van der Waals surface area (Å²) in [6, 6.07) is 1.63. The number of carbonyl (C=O) groups is 1. The molecule has 0 bridgehead atoms. The third-order valence-electron chi connectivity index (χ3n) is 2.11. The molecule has 0 aliphatic rings. The van der Waals surface area contributed by atoms with Crippen molar-refractivity contribution in [2.75, 3.05) is 6.67 Å². The van der Waals surface area contributed by atoms with Crippen molar-refractivity contribution in [2.24, 2.45) is 0 Å². The lowest BCUT2D eigenvalue weighted by Gasteiger charge is -1.96. The molecule has 0 saturated carbocycles. The van der Waals surface area contributed by atoms with E-state index in [-0.39, 0.29) is 23.6 Å². The number of rotatable bonds is 4. The van der Waals surface area contributed by atoms with Crippen molar-refractivity contribution in [3.63, 3.8) is 0 Å². The molecular weight excluding hydrogens is 227 g/mol. The second-order valence-electron chi connectivity index (χ2n) is 3.23. The van der Waals surface area contributed by atoms with Crippen LogP contribution in [0.3, 0.4) is 0 Å². The van der Waals surface area contributed by atoms with Crippen molar-refractivity contribution in [3.05, 3.63) is 35.9 Å². The van der Waals surface area contributed by atoms with E-state index in [0.29, 0.717) is 0 Å². The van der Waals surface area contributed by atoms with Gasteiger partial charge in [-0.25, -0.2) is 19.4 Å². The maximum Gasteiger partial charge on any atom is 0.339 e. The van der Waals surface area contributed by atoms with E-state index >= 15 is 0 Å². The van der Waals surface area contributed by atoms with Gasteiger partial charge in [-0.2, -0.15) is 5.10 Å². The SMILES string of the molecule is O=C(O)c1cn(-c2ncccn2)nc1CCF. The Labute approximate surface area is 95.8 Å². The van der Waals surface area contributed by atoms with Gasteiger partial charge in [0.05, 0.1) is 12.4 Å². The van der Waals surface area contributed by atoms with Crippen LogP contribution in [0.1, 0.15) is 16.1 Å². The van der Waals surface area contributed by atoms with E-state index in [4.69, 9.17) is 5.11 Å². The number of aryl methyl sites for hydroxylation is 1. The highest BCUT2D eigenvalue weighted by Crippen LogP contribution is 2.10. The highest BCUT2D eigenvalue weighted by molar-refractivity contribution is 5.88. The summed E-state index contributed by atoms with van der Waals surface area (Å²) < 4.78 is 13.5. The topological polar surface area (TPSA) is 80.9 Å². The highest BCUT2D eigenvalue weighted by atomic mass is 19.1. The fourth-order valence-corrected chi connectivity index (χ4v) is 1.37. The molecule has 2 heterocycles. The molecule has 1 N–H and O–H groups in total. The summed E-state index contributed by atoms with van der Waals surface area (Å²) in [7, 11) is 0. The Morgan fingerprint density at radius 3 is 2.71 bits per heavy atom. The molecule has 0 atom stereocenters. The van der Waals surface area contributed by atoms with Crippen molar-refractivity contribution >= 4 is 5.97 Å². The number of nitrogens with zero attached hydrogens (tertiary/aromatic N) is 4. The molecule has 2 aromatic rings. The lowest BCUT2D eigenvalue weighted by molar-refractivity contribution is 0.0695. The van der Waals surface area contributed by atoms with Crippen LogP contribution in [-0.4, -0.2) is 37.5 Å². The lowest BCUT2D eigenvalue weighted by atomic mass is 10.2. The summed E-state index contributed by atoms with van der Waals surface area (Å²) in [5.74, 6) is -0.893. The second-order valence-corrected chi connectivity index (χ2v) is 3.23. The molecule has 0 spiro atoms. The predicted molar refractivity (Wildman–Crippen MR) is 55.8 cm³/mol. The average Bonchev–Trinajstić information content (AvgIpc) is 2.75. The zero-order chi connectivity index (χ0) is 12.3. The van der Waals surface area contributed by atoms with Crippen LogP contribution in [0.4, 0.5) is 4.39 Å². The number of aromatic carboxylic acids is 1. The first-order valence-electron chi connectivity index (χ1n) is 4.87. The van der Waals surface area contributed by atoms with Gasteiger partial charge in [0.2, 0.25) is 5.95 Å². The minimum Gasteiger partial charge on any atom is -0.478 e. The molecule has 0 aliphatic carbocycles. The molecule has 0 unspecified atom stereocenters. The fourth-order valence-electron chi connectivity index (χ4n) is 1.37. The number of carboxylic acid groups (broad SMARTS) is 1. The van der Waals surface area contributed by atoms with E-state index in [1.807, 2.05) is 0 Å². The zero-order valence-corrected chi connectivity index (χ0v) is 8.75. The van der Waals surface area contributed by atoms with Crippen LogP contribution < -0.4 is 0 Å². The fraction of sp³-hybridized carbons (Fsp3) is 0.200. The van der Waals surface area contributed by atoms with Gasteiger partial charge in [0.15, 0.2) is 0 Å². The first-order valence-corrected chi connectivity index (χ1v) is 4.87. The minimum atomic E-state index is -1.14. The smallest absolute Gasteiger partial charge is 0.339 e. The van der Waals surface area contributed by atoms with Gasteiger partial charge >= 0.3 is 5.97 Å². The van der Waals surface area contributed by atoms with E-state index in [2.05, 4.69) is 15.1 Å². The molecule has 17 heavy (non-hydrogen) atoms. The molecule has 0 aliphatic heterocycles. The largest absolute Gasteiger partial charge is 0.478 e. The number of carboxylic acids is 1. The molecule has 2 aromatic heterocycles. The minimum absolute atomic E-state index is 0.0323. The van der Waals surface area contributed by atoms with Crippen LogP contribution in [0.5, 0.6) is 0 Å². The lowest BCUT2D eigenvalue weighted by Crippen LogP contribution is -2.01. The van der Waals surface area contributed by atoms with Crippen LogP contribution in [0.25, 0.3) is 5.95 Å². The van der Waals surface area contributed by atoms with Crippen molar-refractivity contribution < 1.29 is 14.3 Å². The Morgan fingerprint density at radius 2 is 2.12 bits per heavy atom. The molecule has 0 amide bonds. The average molecular weight is 236 g/mol. The number of hydrogen-bond donors (Lipinski definition) is 1. The quantitative estimate of drug-likeness (QED) is 0.851. The Balaban J connectivity index is 2.44. The van der Waals surface area contributed by atoms with E-state index in [9.17, 15) is 9.18 Å². The number of hydrogen-bond acceptors (Lipinski definition) is 4. The van der Waals surface area contributed by atoms with E-state index in [1.165, 1.54) is 23.3 Å². The van der Waals surface area contributed by atoms with Gasteiger partial charge in [0.1, 0.15) is 5.56 Å². The van der Waals surface area contributed by atoms with Crippen molar-refractivity contribution in [2.45, 2.75) is 6.42 Å². The normalized spacial score (nSPS) is 10.4. The van der Waals surface area contributed by atoms with Crippen LogP contribution in [-0.2, 0) is 6.42 Å². The van der Waals surface area contributed by atoms with Crippen LogP contribution in [0, 0.1) is 0 Å². The second kappa shape index (κ2) is 4.69. The maximum atomic E-state index is 12.3. The number of halogens is 1. The van der Waals surface area contributed by atoms with Gasteiger partial charge in [-0.3, -0.25) is 4.39 Å².